The number of halogens is 2. The maximum Gasteiger partial charge on any atom is 0.166 e. The van der Waals surface area contributed by atoms with Crippen LogP contribution in [0.1, 0.15) is 12.7 Å². The Hall–Kier alpha value is -3.34. The van der Waals surface area contributed by atoms with Crippen LogP contribution < -0.4 is 5.32 Å². The molecule has 2 aromatic rings. The van der Waals surface area contributed by atoms with Crippen LogP contribution in [-0.2, 0) is 0 Å². The zero-order valence-corrected chi connectivity index (χ0v) is 15.3. The van der Waals surface area contributed by atoms with E-state index in [4.69, 9.17) is 0 Å². The second kappa shape index (κ2) is 9.97. The molecule has 0 radical (unpaired) electrons. The average Bonchev–Trinajstić information content (AvgIpc) is 2.68. The van der Waals surface area contributed by atoms with E-state index in [9.17, 15) is 8.78 Å². The number of anilines is 1. The van der Waals surface area contributed by atoms with E-state index >= 15 is 0 Å². The molecule has 0 spiro atoms. The number of rotatable bonds is 5. The standard InChI is InChI=1S/C22H21F2N3/c1-4-6-10-16(5-2)22-26-14-8-7-11-17(15-20(25-3)27-22)18-12-9-13-19(23)21(18)24/h4-15H,2H2,1,3H3,(H,25,26,27)/b6-4-,16-10+. The second-order valence-electron chi connectivity index (χ2n) is 5.45. The molecule has 0 fully saturated rings. The number of nitrogens with zero attached hydrogens (tertiary/aromatic N) is 2. The highest BCUT2D eigenvalue weighted by atomic mass is 19.2. The van der Waals surface area contributed by atoms with Crippen molar-refractivity contribution in [3.63, 3.8) is 0 Å². The van der Waals surface area contributed by atoms with Gasteiger partial charge in [0.05, 0.1) is 0 Å². The summed E-state index contributed by atoms with van der Waals surface area (Å²) in [5.41, 5.74) is 1.35. The van der Waals surface area contributed by atoms with Crippen LogP contribution in [0.5, 0.6) is 0 Å². The minimum absolute atomic E-state index is 0.148. The summed E-state index contributed by atoms with van der Waals surface area (Å²) >= 11 is 0. The van der Waals surface area contributed by atoms with Crippen molar-refractivity contribution in [1.82, 2.24) is 9.97 Å². The van der Waals surface area contributed by atoms with E-state index in [1.54, 1.807) is 43.6 Å². The van der Waals surface area contributed by atoms with Gasteiger partial charge in [0.25, 0.3) is 0 Å². The molecule has 0 aliphatic rings. The van der Waals surface area contributed by atoms with Gasteiger partial charge in [-0.15, -0.1) is 0 Å². The Morgan fingerprint density at radius 3 is 2.67 bits per heavy atom. The van der Waals surface area contributed by atoms with E-state index in [1.807, 2.05) is 25.2 Å². The Morgan fingerprint density at radius 2 is 1.96 bits per heavy atom. The van der Waals surface area contributed by atoms with E-state index < -0.39 is 11.6 Å². The summed E-state index contributed by atoms with van der Waals surface area (Å²) in [6, 6.07) is 10.8. The van der Waals surface area contributed by atoms with Gasteiger partial charge in [0.15, 0.2) is 17.5 Å². The van der Waals surface area contributed by atoms with E-state index in [0.717, 1.165) is 11.6 Å². The molecule has 0 unspecified atom stereocenters. The average molecular weight is 365 g/mol. The molecule has 0 amide bonds. The Labute approximate surface area is 158 Å². The molecule has 3 nitrogen and oxygen atoms in total. The number of hydrogen-bond acceptors (Lipinski definition) is 3. The van der Waals surface area contributed by atoms with Crippen LogP contribution in [-0.4, -0.2) is 17.0 Å². The van der Waals surface area contributed by atoms with Gasteiger partial charge < -0.3 is 5.32 Å². The quantitative estimate of drug-likeness (QED) is 0.687. The van der Waals surface area contributed by atoms with Crippen molar-refractivity contribution in [1.29, 1.82) is 0 Å². The van der Waals surface area contributed by atoms with Gasteiger partial charge in [-0.05, 0) is 30.7 Å². The first-order valence-electron chi connectivity index (χ1n) is 8.40. The van der Waals surface area contributed by atoms with E-state index in [1.165, 1.54) is 12.1 Å². The topological polar surface area (TPSA) is 37.8 Å². The van der Waals surface area contributed by atoms with Crippen LogP contribution in [0.25, 0.3) is 16.7 Å². The molecule has 5 heteroatoms. The van der Waals surface area contributed by atoms with E-state index in [-0.39, 0.29) is 5.56 Å². The highest BCUT2D eigenvalue weighted by Crippen LogP contribution is 2.25. The van der Waals surface area contributed by atoms with Crippen LogP contribution in [0, 0.1) is 11.6 Å². The van der Waals surface area contributed by atoms with Crippen LogP contribution in [0.15, 0.2) is 79.5 Å². The molecule has 1 aromatic heterocycles. The molecule has 0 aliphatic heterocycles. The predicted molar refractivity (Wildman–Crippen MR) is 108 cm³/mol. The third-order valence-electron chi connectivity index (χ3n) is 3.65. The third-order valence-corrected chi connectivity index (χ3v) is 3.65. The van der Waals surface area contributed by atoms with Crippen molar-refractivity contribution in [2.75, 3.05) is 12.4 Å². The van der Waals surface area contributed by atoms with Gasteiger partial charge in [0.1, 0.15) is 5.82 Å². The van der Waals surface area contributed by atoms with E-state index in [2.05, 4.69) is 21.9 Å². The summed E-state index contributed by atoms with van der Waals surface area (Å²) in [6.07, 6.45) is 8.83. The molecule has 0 aliphatic carbocycles. The summed E-state index contributed by atoms with van der Waals surface area (Å²) in [4.78, 5) is 8.87. The lowest BCUT2D eigenvalue weighted by Crippen LogP contribution is -1.96. The Balaban J connectivity index is 2.75. The van der Waals surface area contributed by atoms with Gasteiger partial charge in [-0.1, -0.05) is 55.1 Å². The monoisotopic (exact) mass is 365 g/mol. The normalized spacial score (nSPS) is 11.2. The molecule has 2 rings (SSSR count). The van der Waals surface area contributed by atoms with Crippen molar-refractivity contribution >= 4 is 11.4 Å². The van der Waals surface area contributed by atoms with Crippen LogP contribution in [0.3, 0.4) is 0 Å². The Morgan fingerprint density at radius 1 is 1.15 bits per heavy atom. The molecule has 0 bridgehead atoms. The lowest BCUT2D eigenvalue weighted by atomic mass is 10.1. The number of nitrogens with one attached hydrogen (secondary N) is 1. The highest BCUT2D eigenvalue weighted by molar-refractivity contribution is 5.71. The summed E-state index contributed by atoms with van der Waals surface area (Å²) in [5.74, 6) is -0.920. The minimum Gasteiger partial charge on any atom is -0.373 e. The van der Waals surface area contributed by atoms with Crippen LogP contribution >= 0.6 is 0 Å². The smallest absolute Gasteiger partial charge is 0.166 e. The first-order chi connectivity index (χ1) is 13.1. The minimum atomic E-state index is -0.904. The van der Waals surface area contributed by atoms with Gasteiger partial charge in [-0.3, -0.25) is 0 Å². The fourth-order valence-corrected chi connectivity index (χ4v) is 2.29. The summed E-state index contributed by atoms with van der Waals surface area (Å²) in [6.45, 7) is 5.71. The van der Waals surface area contributed by atoms with Crippen molar-refractivity contribution in [3.8, 4) is 11.1 Å². The molecular weight excluding hydrogens is 344 g/mol. The Bertz CT molecular complexity index is 932. The molecule has 138 valence electrons. The molecule has 0 saturated carbocycles. The first-order valence-corrected chi connectivity index (χ1v) is 8.40. The maximum absolute atomic E-state index is 14.3. The zero-order chi connectivity index (χ0) is 19.6. The molecule has 1 aromatic carbocycles. The molecule has 0 atom stereocenters. The van der Waals surface area contributed by atoms with Crippen molar-refractivity contribution in [3.05, 3.63) is 97.0 Å². The van der Waals surface area contributed by atoms with Crippen molar-refractivity contribution in [2.45, 2.75) is 6.92 Å². The third kappa shape index (κ3) is 5.31. The molecule has 1 N–H and O–H groups in total. The SMILES string of the molecule is C=C/C(=C\C=C/C)c1nccccc(-c2cccc(F)c2F)cc(NC)n1. The lowest BCUT2D eigenvalue weighted by molar-refractivity contribution is 0.511. The van der Waals surface area contributed by atoms with Crippen LogP contribution in [0.4, 0.5) is 14.6 Å². The molecular formula is C22H21F2N3. The van der Waals surface area contributed by atoms with Crippen molar-refractivity contribution < 1.29 is 8.78 Å². The fraction of sp³-hybridized carbons (Fsp3) is 0.0909. The summed E-state index contributed by atoms with van der Waals surface area (Å²) < 4.78 is 27.9. The van der Waals surface area contributed by atoms with Gasteiger partial charge in [-0.2, -0.15) is 0 Å². The van der Waals surface area contributed by atoms with Crippen LogP contribution in [0.2, 0.25) is 0 Å². The summed E-state index contributed by atoms with van der Waals surface area (Å²) in [7, 11) is 1.70. The number of allylic oxidation sites excluding steroid dienone is 5. The number of aromatic nitrogens is 2. The lowest BCUT2D eigenvalue weighted by Gasteiger charge is -2.05. The largest absolute Gasteiger partial charge is 0.373 e. The second-order valence-corrected chi connectivity index (χ2v) is 5.45. The number of hydrogen-bond donors (Lipinski definition) is 1. The van der Waals surface area contributed by atoms with E-state index in [0.29, 0.717) is 17.2 Å². The molecule has 1 heterocycles. The summed E-state index contributed by atoms with van der Waals surface area (Å²) in [5, 5.41) is 2.96. The molecule has 0 saturated heterocycles. The van der Waals surface area contributed by atoms with Crippen molar-refractivity contribution in [2.24, 2.45) is 0 Å². The highest BCUT2D eigenvalue weighted by Gasteiger charge is 2.09. The Kier molecular flexibility index (Phi) is 7.37. The van der Waals surface area contributed by atoms with Gasteiger partial charge in [-0.25, -0.2) is 18.7 Å². The maximum atomic E-state index is 14.3. The molecule has 27 heavy (non-hydrogen) atoms. The van der Waals surface area contributed by atoms with Gasteiger partial charge in [0.2, 0.25) is 0 Å². The predicted octanol–water partition coefficient (Wildman–Crippen LogP) is 5.73. The first kappa shape index (κ1) is 20.0. The zero-order valence-electron chi connectivity index (χ0n) is 15.3. The van der Waals surface area contributed by atoms with Gasteiger partial charge in [0, 0.05) is 24.4 Å². The number of benzene rings is 1. The van der Waals surface area contributed by atoms with Gasteiger partial charge >= 0.3 is 0 Å². The fourth-order valence-electron chi connectivity index (χ4n) is 2.29.